The largest absolute Gasteiger partial charge is 0.453 e. The molecule has 1 aliphatic carbocycles. The van der Waals surface area contributed by atoms with Gasteiger partial charge in [-0.15, -0.1) is 11.3 Å². The molecule has 0 atom stereocenters. The third-order valence-electron chi connectivity index (χ3n) is 8.60. The van der Waals surface area contributed by atoms with Crippen molar-refractivity contribution in [3.8, 4) is 22.1 Å². The Labute approximate surface area is 293 Å². The summed E-state index contributed by atoms with van der Waals surface area (Å²) in [4.78, 5) is 36.3. The van der Waals surface area contributed by atoms with Gasteiger partial charge in [0, 0.05) is 51.0 Å². The number of pyridine rings is 2. The van der Waals surface area contributed by atoms with Gasteiger partial charge in [-0.3, -0.25) is 19.6 Å². The van der Waals surface area contributed by atoms with Crippen LogP contribution in [-0.4, -0.2) is 54.5 Å². The smallest absolute Gasteiger partial charge is 0.166 e. The molecule has 0 radical (unpaired) electrons. The Hall–Kier alpha value is -4.42. The van der Waals surface area contributed by atoms with E-state index in [0.717, 1.165) is 40.4 Å². The van der Waals surface area contributed by atoms with Crippen molar-refractivity contribution in [3.05, 3.63) is 107 Å². The summed E-state index contributed by atoms with van der Waals surface area (Å²) in [5.41, 5.74) is 2.62. The van der Waals surface area contributed by atoms with Gasteiger partial charge in [0.2, 0.25) is 0 Å². The lowest BCUT2D eigenvalue weighted by molar-refractivity contribution is -0.133. The molecule has 1 fully saturated rings. The highest BCUT2D eigenvalue weighted by Crippen LogP contribution is 2.49. The number of hydrogen-bond donors (Lipinski definition) is 1. The number of carbonyl (C=O) groups is 2. The highest BCUT2D eigenvalue weighted by Gasteiger charge is 2.54. The summed E-state index contributed by atoms with van der Waals surface area (Å²) in [5.74, 6) is -0.938. The van der Waals surface area contributed by atoms with Crippen molar-refractivity contribution < 1.29 is 32.6 Å². The second kappa shape index (κ2) is 16.5. The zero-order chi connectivity index (χ0) is 34.9. The van der Waals surface area contributed by atoms with Crippen LogP contribution in [0.4, 0.5) is 8.78 Å². The van der Waals surface area contributed by atoms with Gasteiger partial charge in [-0.05, 0) is 72.4 Å². The summed E-state index contributed by atoms with van der Waals surface area (Å²) < 4.78 is 46.3. The van der Waals surface area contributed by atoms with Crippen LogP contribution in [0.2, 0.25) is 0 Å². The average molecular weight is 700 g/mol. The molecule has 11 heteroatoms. The van der Waals surface area contributed by atoms with E-state index in [4.69, 9.17) is 14.2 Å². The molecule has 2 aromatic carbocycles. The molecule has 5 aromatic rings. The number of nitrogens with zero attached hydrogens (tertiary/aromatic N) is 2. The molecule has 0 saturated heterocycles. The van der Waals surface area contributed by atoms with E-state index >= 15 is 4.39 Å². The number of aromatic nitrogens is 2. The minimum absolute atomic E-state index is 0.0161. The molecule has 0 bridgehead atoms. The van der Waals surface area contributed by atoms with Crippen molar-refractivity contribution in [2.45, 2.75) is 45.6 Å². The molecule has 3 aromatic heterocycles. The molecule has 0 amide bonds. The van der Waals surface area contributed by atoms with Gasteiger partial charge in [0.15, 0.2) is 23.1 Å². The fraction of sp³-hybridized carbons (Fsp3) is 0.333. The van der Waals surface area contributed by atoms with Gasteiger partial charge >= 0.3 is 0 Å². The molecular weight excluding hydrogens is 661 g/mol. The van der Waals surface area contributed by atoms with Crippen LogP contribution in [0.3, 0.4) is 0 Å². The molecule has 0 unspecified atom stereocenters. The van der Waals surface area contributed by atoms with Gasteiger partial charge in [0.1, 0.15) is 11.6 Å². The maximum atomic E-state index is 15.3. The van der Waals surface area contributed by atoms with Crippen LogP contribution in [-0.2, 0) is 38.4 Å². The molecule has 0 spiro atoms. The molecule has 0 aliphatic heterocycles. The number of rotatable bonds is 19. The Bertz CT molecular complexity index is 1930. The predicted molar refractivity (Wildman–Crippen MR) is 188 cm³/mol. The maximum Gasteiger partial charge on any atom is 0.166 e. The molecular formula is C39H39F2N3O5S. The fourth-order valence-corrected chi connectivity index (χ4v) is 6.69. The Morgan fingerprint density at radius 3 is 2.24 bits per heavy atom. The number of carbonyl (C=O) groups excluding carboxylic acids is 2. The summed E-state index contributed by atoms with van der Waals surface area (Å²) in [6.07, 6.45) is 5.39. The zero-order valence-electron chi connectivity index (χ0n) is 27.9. The van der Waals surface area contributed by atoms with Gasteiger partial charge in [-0.25, -0.2) is 8.78 Å². The average Bonchev–Trinajstić information content (AvgIpc) is 3.82. The van der Waals surface area contributed by atoms with Crippen LogP contribution in [0.1, 0.15) is 42.9 Å². The van der Waals surface area contributed by atoms with Crippen molar-refractivity contribution in [1.82, 2.24) is 15.3 Å². The Morgan fingerprint density at radius 1 is 0.820 bits per heavy atom. The number of thiophene rings is 1. The van der Waals surface area contributed by atoms with Gasteiger partial charge in [-0.2, -0.15) is 0 Å². The molecule has 1 N–H and O–H groups in total. The van der Waals surface area contributed by atoms with E-state index in [1.165, 1.54) is 35.6 Å². The molecule has 260 valence electrons. The van der Waals surface area contributed by atoms with Gasteiger partial charge < -0.3 is 19.5 Å². The minimum Gasteiger partial charge on any atom is -0.453 e. The highest BCUT2D eigenvalue weighted by atomic mass is 32.1. The number of fused-ring (bicyclic) bond motifs is 1. The van der Waals surface area contributed by atoms with Crippen LogP contribution < -0.4 is 10.1 Å². The summed E-state index contributed by atoms with van der Waals surface area (Å²) in [6, 6.07) is 17.7. The van der Waals surface area contributed by atoms with E-state index in [1.807, 2.05) is 24.4 Å². The van der Waals surface area contributed by atoms with Gasteiger partial charge in [0.05, 0.1) is 46.0 Å². The van der Waals surface area contributed by atoms with E-state index in [1.54, 1.807) is 30.5 Å². The van der Waals surface area contributed by atoms with Crippen molar-refractivity contribution in [3.63, 3.8) is 0 Å². The lowest BCUT2D eigenvalue weighted by Crippen LogP contribution is -2.28. The first-order valence-electron chi connectivity index (χ1n) is 16.8. The number of hydrogen-bond acceptors (Lipinski definition) is 9. The second-order valence-corrected chi connectivity index (χ2v) is 13.4. The molecule has 6 rings (SSSR count). The molecule has 3 heterocycles. The number of benzene rings is 2. The van der Waals surface area contributed by atoms with E-state index < -0.39 is 11.2 Å². The standard InChI is InChI=1S/C39H39F2N3O5S/c1-2-16-47-18-19-48-17-15-42-24-28-5-9-31(44-25-28)35-23-32-38(50-35)34(11-14-43-32)49-33-10-6-27(20-30(33)41)22-37(46)39(12-13-39)36(45)21-26-3-7-29(40)8-4-26/h3-11,14,20,23,25,42H,2,12-13,15-19,21-22,24H2,1H3. The lowest BCUT2D eigenvalue weighted by Gasteiger charge is -2.14. The normalized spacial score (nSPS) is 13.4. The first-order chi connectivity index (χ1) is 24.3. The van der Waals surface area contributed by atoms with Crippen LogP contribution in [0, 0.1) is 17.0 Å². The van der Waals surface area contributed by atoms with Crippen molar-refractivity contribution in [2.75, 3.05) is 33.0 Å². The second-order valence-electron chi connectivity index (χ2n) is 12.4. The van der Waals surface area contributed by atoms with E-state index in [0.29, 0.717) is 61.6 Å². The third-order valence-corrected chi connectivity index (χ3v) is 9.76. The quantitative estimate of drug-likeness (QED) is 0.0693. The summed E-state index contributed by atoms with van der Waals surface area (Å²) >= 11 is 1.46. The van der Waals surface area contributed by atoms with Crippen LogP contribution in [0.25, 0.3) is 20.8 Å². The third kappa shape index (κ3) is 8.83. The number of ketones is 2. The SMILES string of the molecule is CCCOCCOCCNCc1ccc(-c2cc3nccc(Oc4ccc(CC(=O)C5(C(=O)Cc6ccc(F)cc6)CC5)cc4F)c3s2)nc1. The Kier molecular flexibility index (Phi) is 11.7. The highest BCUT2D eigenvalue weighted by molar-refractivity contribution is 7.22. The predicted octanol–water partition coefficient (Wildman–Crippen LogP) is 7.67. The van der Waals surface area contributed by atoms with Crippen LogP contribution >= 0.6 is 11.3 Å². The van der Waals surface area contributed by atoms with Crippen molar-refractivity contribution in [1.29, 1.82) is 0 Å². The Morgan fingerprint density at radius 2 is 1.54 bits per heavy atom. The zero-order valence-corrected chi connectivity index (χ0v) is 28.7. The van der Waals surface area contributed by atoms with Crippen LogP contribution in [0.5, 0.6) is 11.5 Å². The number of nitrogens with one attached hydrogen (secondary N) is 1. The summed E-state index contributed by atoms with van der Waals surface area (Å²) in [5, 5.41) is 3.36. The topological polar surface area (TPSA) is 99.6 Å². The van der Waals surface area contributed by atoms with Gasteiger partial charge in [-0.1, -0.05) is 31.2 Å². The van der Waals surface area contributed by atoms with Crippen molar-refractivity contribution >= 4 is 33.1 Å². The first kappa shape index (κ1) is 35.4. The van der Waals surface area contributed by atoms with Crippen LogP contribution in [0.15, 0.2) is 79.1 Å². The maximum absolute atomic E-state index is 15.3. The van der Waals surface area contributed by atoms with Gasteiger partial charge in [0.25, 0.3) is 0 Å². The number of halogens is 2. The van der Waals surface area contributed by atoms with E-state index in [2.05, 4.69) is 22.2 Å². The molecule has 8 nitrogen and oxygen atoms in total. The lowest BCUT2D eigenvalue weighted by atomic mass is 9.88. The van der Waals surface area contributed by atoms with E-state index in [9.17, 15) is 14.0 Å². The molecule has 50 heavy (non-hydrogen) atoms. The molecule has 1 aliphatic rings. The summed E-state index contributed by atoms with van der Waals surface area (Å²) in [7, 11) is 0. The fourth-order valence-electron chi connectivity index (χ4n) is 5.64. The number of ether oxygens (including phenoxy) is 3. The van der Waals surface area contributed by atoms with Crippen molar-refractivity contribution in [2.24, 2.45) is 5.41 Å². The minimum atomic E-state index is -1.05. The van der Waals surface area contributed by atoms with E-state index in [-0.39, 0.29) is 36.0 Å². The Balaban J connectivity index is 1.04. The summed E-state index contributed by atoms with van der Waals surface area (Å²) in [6.45, 7) is 6.04. The monoisotopic (exact) mass is 699 g/mol. The molecule has 1 saturated carbocycles. The number of Topliss-reactive ketones (excluding diaryl/α,β-unsaturated/α-hetero) is 2. The first-order valence-corrected chi connectivity index (χ1v) is 17.6.